The number of nitrogens with zero attached hydrogens (tertiary/aromatic N) is 6. The molecule has 0 unspecified atom stereocenters. The van der Waals surface area contributed by atoms with Gasteiger partial charge in [-0.2, -0.15) is 5.10 Å². The van der Waals surface area contributed by atoms with Gasteiger partial charge >= 0.3 is 0 Å². The normalized spacial score (nSPS) is 18.1. The van der Waals surface area contributed by atoms with Gasteiger partial charge in [0.15, 0.2) is 0 Å². The van der Waals surface area contributed by atoms with E-state index in [1.807, 2.05) is 24.5 Å². The Morgan fingerprint density at radius 2 is 1.68 bits per heavy atom. The fraction of sp³-hybridized carbons (Fsp3) is 0.458. The molecule has 0 N–H and O–H groups in total. The lowest BCUT2D eigenvalue weighted by Crippen LogP contribution is -2.36. The van der Waals surface area contributed by atoms with Crippen LogP contribution in [0.2, 0.25) is 0 Å². The lowest BCUT2D eigenvalue weighted by Gasteiger charge is -2.32. The molecule has 3 aromatic rings. The summed E-state index contributed by atoms with van der Waals surface area (Å²) in [6.45, 7) is 3.61. The molecule has 1 aliphatic heterocycles. The quantitative estimate of drug-likeness (QED) is 0.614. The first-order valence-electron chi connectivity index (χ1n) is 11.3. The fourth-order valence-electron chi connectivity index (χ4n) is 4.41. The molecule has 0 spiro atoms. The Hall–Kier alpha value is -2.93. The highest BCUT2D eigenvalue weighted by Crippen LogP contribution is 2.34. The van der Waals surface area contributed by atoms with Crippen molar-refractivity contribution in [1.82, 2.24) is 29.6 Å². The number of rotatable bonds is 6. The Morgan fingerprint density at radius 1 is 0.935 bits per heavy atom. The van der Waals surface area contributed by atoms with Gasteiger partial charge in [-0.25, -0.2) is 14.6 Å². The Morgan fingerprint density at radius 3 is 2.35 bits per heavy atom. The molecule has 0 amide bonds. The molecule has 0 bridgehead atoms. The SMILES string of the molecule is O=c1ccc(-c2ccncc2)nn1CC1CCN(Cc2cnc(C3CCC3)nc2)CC1. The Balaban J connectivity index is 1.16. The predicted molar refractivity (Wildman–Crippen MR) is 118 cm³/mol. The second kappa shape index (κ2) is 9.06. The first-order valence-corrected chi connectivity index (χ1v) is 11.3. The van der Waals surface area contributed by atoms with Gasteiger partial charge in [-0.15, -0.1) is 0 Å². The van der Waals surface area contributed by atoms with E-state index in [9.17, 15) is 4.79 Å². The van der Waals surface area contributed by atoms with Crippen molar-refractivity contribution in [2.24, 2.45) is 5.92 Å². The Bertz CT molecular complexity index is 1050. The van der Waals surface area contributed by atoms with Gasteiger partial charge in [0, 0.05) is 61.0 Å². The van der Waals surface area contributed by atoms with Crippen LogP contribution < -0.4 is 5.56 Å². The van der Waals surface area contributed by atoms with Crippen LogP contribution in [0.15, 0.2) is 53.8 Å². The summed E-state index contributed by atoms with van der Waals surface area (Å²) in [7, 11) is 0. The van der Waals surface area contributed by atoms with Crippen LogP contribution in [0.4, 0.5) is 0 Å². The molecule has 0 radical (unpaired) electrons. The van der Waals surface area contributed by atoms with E-state index < -0.39 is 0 Å². The molecule has 160 valence electrons. The second-order valence-electron chi connectivity index (χ2n) is 8.77. The highest BCUT2D eigenvalue weighted by atomic mass is 16.1. The molecule has 1 saturated carbocycles. The number of pyridine rings is 1. The van der Waals surface area contributed by atoms with Gasteiger partial charge in [-0.3, -0.25) is 14.7 Å². The summed E-state index contributed by atoms with van der Waals surface area (Å²) >= 11 is 0. The van der Waals surface area contributed by atoms with Crippen LogP contribution in [0, 0.1) is 5.92 Å². The summed E-state index contributed by atoms with van der Waals surface area (Å²) in [5.74, 6) is 2.06. The van der Waals surface area contributed by atoms with E-state index in [0.29, 0.717) is 18.4 Å². The van der Waals surface area contributed by atoms with Gasteiger partial charge in [-0.1, -0.05) is 6.42 Å². The molecule has 7 heteroatoms. The average Bonchev–Trinajstić information content (AvgIpc) is 2.77. The lowest BCUT2D eigenvalue weighted by atomic mass is 9.85. The molecule has 2 aliphatic rings. The summed E-state index contributed by atoms with van der Waals surface area (Å²) in [5, 5.41) is 4.60. The van der Waals surface area contributed by atoms with Crippen molar-refractivity contribution in [3.05, 3.63) is 70.8 Å². The number of piperidine rings is 1. The van der Waals surface area contributed by atoms with E-state index in [1.54, 1.807) is 29.2 Å². The topological polar surface area (TPSA) is 76.8 Å². The summed E-state index contributed by atoms with van der Waals surface area (Å²) in [6.07, 6.45) is 13.4. The van der Waals surface area contributed by atoms with Crippen molar-refractivity contribution in [3.63, 3.8) is 0 Å². The minimum Gasteiger partial charge on any atom is -0.299 e. The number of likely N-dealkylation sites (tertiary alicyclic amines) is 1. The van der Waals surface area contributed by atoms with Crippen LogP contribution in [0.5, 0.6) is 0 Å². The monoisotopic (exact) mass is 416 g/mol. The third-order valence-electron chi connectivity index (χ3n) is 6.58. The van der Waals surface area contributed by atoms with Crippen LogP contribution in [-0.4, -0.2) is 42.7 Å². The first-order chi connectivity index (χ1) is 15.2. The predicted octanol–water partition coefficient (Wildman–Crippen LogP) is 3.28. The van der Waals surface area contributed by atoms with E-state index in [-0.39, 0.29) is 5.56 Å². The van der Waals surface area contributed by atoms with E-state index in [2.05, 4.69) is 25.0 Å². The lowest BCUT2D eigenvalue weighted by molar-refractivity contribution is 0.163. The van der Waals surface area contributed by atoms with Crippen LogP contribution in [0.1, 0.15) is 49.4 Å². The van der Waals surface area contributed by atoms with Crippen molar-refractivity contribution in [2.45, 2.75) is 51.1 Å². The number of hydrogen-bond donors (Lipinski definition) is 0. The van der Waals surface area contributed by atoms with E-state index >= 15 is 0 Å². The smallest absolute Gasteiger partial charge is 0.266 e. The zero-order chi connectivity index (χ0) is 21.0. The molecule has 0 aromatic carbocycles. The van der Waals surface area contributed by atoms with Gasteiger partial charge < -0.3 is 0 Å². The maximum atomic E-state index is 12.3. The molecular weight excluding hydrogens is 388 g/mol. The molecule has 1 saturated heterocycles. The summed E-state index contributed by atoms with van der Waals surface area (Å²) < 4.78 is 1.63. The number of aromatic nitrogens is 5. The summed E-state index contributed by atoms with van der Waals surface area (Å²) in [4.78, 5) is 28.0. The van der Waals surface area contributed by atoms with Gasteiger partial charge in [0.2, 0.25) is 0 Å². The number of hydrogen-bond acceptors (Lipinski definition) is 6. The van der Waals surface area contributed by atoms with Crippen molar-refractivity contribution in [3.8, 4) is 11.3 Å². The Labute approximate surface area is 182 Å². The van der Waals surface area contributed by atoms with Crippen LogP contribution in [0.25, 0.3) is 11.3 Å². The molecular formula is C24H28N6O. The standard InChI is InChI=1S/C24H28N6O/c31-23-5-4-22(20-6-10-25-11-7-20)28-30(23)17-18-8-12-29(13-9-18)16-19-14-26-24(27-15-19)21-2-1-3-21/h4-7,10-11,14-15,18,21H,1-3,8-9,12-13,16-17H2. The summed E-state index contributed by atoms with van der Waals surface area (Å²) in [5.41, 5.74) is 2.93. The largest absolute Gasteiger partial charge is 0.299 e. The zero-order valence-corrected chi connectivity index (χ0v) is 17.7. The van der Waals surface area contributed by atoms with E-state index in [0.717, 1.165) is 49.6 Å². The highest BCUT2D eigenvalue weighted by molar-refractivity contribution is 5.56. The van der Waals surface area contributed by atoms with Crippen molar-refractivity contribution >= 4 is 0 Å². The first kappa shape index (κ1) is 20.0. The van der Waals surface area contributed by atoms with Crippen molar-refractivity contribution < 1.29 is 0 Å². The molecule has 3 aromatic heterocycles. The molecule has 1 aliphatic carbocycles. The van der Waals surface area contributed by atoms with Gasteiger partial charge in [0.25, 0.3) is 5.56 Å². The molecule has 2 fully saturated rings. The molecule has 7 nitrogen and oxygen atoms in total. The fourth-order valence-corrected chi connectivity index (χ4v) is 4.41. The van der Waals surface area contributed by atoms with Gasteiger partial charge in [-0.05, 0) is 62.9 Å². The van der Waals surface area contributed by atoms with Crippen molar-refractivity contribution in [2.75, 3.05) is 13.1 Å². The average molecular weight is 417 g/mol. The summed E-state index contributed by atoms with van der Waals surface area (Å²) in [6, 6.07) is 7.23. The van der Waals surface area contributed by atoms with Crippen LogP contribution >= 0.6 is 0 Å². The van der Waals surface area contributed by atoms with Crippen molar-refractivity contribution in [1.29, 1.82) is 0 Å². The highest BCUT2D eigenvalue weighted by Gasteiger charge is 2.23. The van der Waals surface area contributed by atoms with E-state index in [4.69, 9.17) is 0 Å². The van der Waals surface area contributed by atoms with Crippen LogP contribution in [-0.2, 0) is 13.1 Å². The molecule has 4 heterocycles. The third kappa shape index (κ3) is 4.71. The van der Waals surface area contributed by atoms with E-state index in [1.165, 1.54) is 24.8 Å². The van der Waals surface area contributed by atoms with Crippen LogP contribution in [0.3, 0.4) is 0 Å². The minimum absolute atomic E-state index is 0.0380. The maximum Gasteiger partial charge on any atom is 0.266 e. The molecule has 0 atom stereocenters. The minimum atomic E-state index is -0.0380. The van der Waals surface area contributed by atoms with Gasteiger partial charge in [0.05, 0.1) is 5.69 Å². The third-order valence-corrected chi connectivity index (χ3v) is 6.58. The Kier molecular flexibility index (Phi) is 5.84. The van der Waals surface area contributed by atoms with Gasteiger partial charge in [0.1, 0.15) is 5.82 Å². The zero-order valence-electron chi connectivity index (χ0n) is 17.7. The molecule has 31 heavy (non-hydrogen) atoms. The maximum absolute atomic E-state index is 12.3. The molecule has 5 rings (SSSR count). The second-order valence-corrected chi connectivity index (χ2v) is 8.77.